The van der Waals surface area contributed by atoms with Crippen molar-refractivity contribution in [3.8, 4) is 22.1 Å². The molecule has 1 aromatic heterocycles. The van der Waals surface area contributed by atoms with E-state index >= 15 is 0 Å². The molecule has 2 heterocycles. The summed E-state index contributed by atoms with van der Waals surface area (Å²) in [5, 5.41) is 6.14. The number of hydrogen-bond donors (Lipinski definition) is 1. The zero-order valence-corrected chi connectivity index (χ0v) is 19.1. The second kappa shape index (κ2) is 10.7. The quantitative estimate of drug-likeness (QED) is 0.657. The van der Waals surface area contributed by atoms with Crippen molar-refractivity contribution in [3.63, 3.8) is 0 Å². The van der Waals surface area contributed by atoms with Crippen molar-refractivity contribution in [3.05, 3.63) is 29.3 Å². The van der Waals surface area contributed by atoms with Crippen molar-refractivity contribution >= 4 is 17.2 Å². The largest absolute Gasteiger partial charge is 0.493 e. The van der Waals surface area contributed by atoms with Gasteiger partial charge in [0, 0.05) is 49.7 Å². The van der Waals surface area contributed by atoms with Gasteiger partial charge in [0.05, 0.1) is 26.5 Å². The van der Waals surface area contributed by atoms with Gasteiger partial charge in [0.1, 0.15) is 5.01 Å². The molecular weight excluding hydrogens is 400 g/mol. The average Bonchev–Trinajstić information content (AvgIpc) is 3.22. The molecule has 1 atom stereocenters. The maximum atomic E-state index is 12.1. The smallest absolute Gasteiger partial charge is 0.234 e. The molecule has 0 bridgehead atoms. The van der Waals surface area contributed by atoms with Gasteiger partial charge < -0.3 is 14.8 Å². The molecule has 164 valence electrons. The second-order valence-corrected chi connectivity index (χ2v) is 8.50. The number of amides is 1. The fraction of sp³-hybridized carbons (Fsp3) is 0.545. The summed E-state index contributed by atoms with van der Waals surface area (Å²) in [7, 11) is 3.28. The van der Waals surface area contributed by atoms with Gasteiger partial charge in [-0.25, -0.2) is 4.98 Å². The molecule has 1 fully saturated rings. The van der Waals surface area contributed by atoms with Crippen LogP contribution in [0.2, 0.25) is 0 Å². The van der Waals surface area contributed by atoms with Crippen LogP contribution in [0, 0.1) is 0 Å². The molecule has 0 aliphatic carbocycles. The van der Waals surface area contributed by atoms with Crippen molar-refractivity contribution in [1.82, 2.24) is 20.1 Å². The van der Waals surface area contributed by atoms with Crippen molar-refractivity contribution < 1.29 is 14.3 Å². The molecule has 0 radical (unpaired) electrons. The summed E-state index contributed by atoms with van der Waals surface area (Å²) < 4.78 is 10.7. The van der Waals surface area contributed by atoms with Crippen molar-refractivity contribution in [2.75, 3.05) is 46.9 Å². The molecule has 7 nitrogen and oxygen atoms in total. The van der Waals surface area contributed by atoms with Gasteiger partial charge in [-0.3, -0.25) is 14.6 Å². The fourth-order valence-electron chi connectivity index (χ4n) is 3.44. The molecule has 1 amide bonds. The minimum Gasteiger partial charge on any atom is -0.493 e. The summed E-state index contributed by atoms with van der Waals surface area (Å²) in [4.78, 5) is 21.5. The molecule has 1 N–H and O–H groups in total. The van der Waals surface area contributed by atoms with E-state index in [1.54, 1.807) is 25.6 Å². The van der Waals surface area contributed by atoms with Gasteiger partial charge in [0.15, 0.2) is 11.5 Å². The summed E-state index contributed by atoms with van der Waals surface area (Å²) in [6, 6.07) is 6.12. The van der Waals surface area contributed by atoms with Crippen LogP contribution in [0.3, 0.4) is 0 Å². The lowest BCUT2D eigenvalue weighted by Gasteiger charge is -2.34. The molecule has 2 aromatic rings. The Kier molecular flexibility index (Phi) is 8.07. The number of carbonyl (C=O) groups is 1. The van der Waals surface area contributed by atoms with Crippen LogP contribution in [0.5, 0.6) is 11.5 Å². The third kappa shape index (κ3) is 5.93. The summed E-state index contributed by atoms with van der Waals surface area (Å²) in [5.41, 5.74) is 2.11. The van der Waals surface area contributed by atoms with Crippen LogP contribution in [-0.2, 0) is 11.3 Å². The topological polar surface area (TPSA) is 66.9 Å². The third-order valence-corrected chi connectivity index (χ3v) is 6.36. The first-order valence-electron chi connectivity index (χ1n) is 10.4. The van der Waals surface area contributed by atoms with Crippen LogP contribution in [0.25, 0.3) is 10.6 Å². The zero-order valence-electron chi connectivity index (χ0n) is 18.3. The van der Waals surface area contributed by atoms with Gasteiger partial charge in [0.25, 0.3) is 0 Å². The first kappa shape index (κ1) is 22.5. The Bertz CT molecular complexity index is 834. The molecule has 1 aromatic carbocycles. The van der Waals surface area contributed by atoms with Crippen LogP contribution >= 0.6 is 11.3 Å². The van der Waals surface area contributed by atoms with Gasteiger partial charge in [-0.1, -0.05) is 6.92 Å². The van der Waals surface area contributed by atoms with E-state index in [2.05, 4.69) is 27.4 Å². The van der Waals surface area contributed by atoms with Crippen molar-refractivity contribution in [2.45, 2.75) is 32.9 Å². The van der Waals surface area contributed by atoms with E-state index in [9.17, 15) is 4.79 Å². The Morgan fingerprint density at radius 2 is 1.87 bits per heavy atom. The summed E-state index contributed by atoms with van der Waals surface area (Å²) in [6.07, 6.45) is 0.957. The number of ether oxygens (including phenoxy) is 2. The number of rotatable bonds is 9. The minimum atomic E-state index is 0.122. The van der Waals surface area contributed by atoms with Gasteiger partial charge >= 0.3 is 0 Å². The van der Waals surface area contributed by atoms with E-state index in [4.69, 9.17) is 14.5 Å². The van der Waals surface area contributed by atoms with E-state index in [1.165, 1.54) is 0 Å². The van der Waals surface area contributed by atoms with E-state index in [1.807, 2.05) is 25.1 Å². The first-order valence-corrected chi connectivity index (χ1v) is 11.3. The number of methoxy groups -OCH3 is 2. The molecule has 3 rings (SSSR count). The Labute approximate surface area is 183 Å². The summed E-state index contributed by atoms with van der Waals surface area (Å²) in [5.74, 6) is 1.55. The highest BCUT2D eigenvalue weighted by molar-refractivity contribution is 7.13. The highest BCUT2D eigenvalue weighted by atomic mass is 32.1. The standard InChI is InChI=1S/C22H32N4O3S/c1-5-16(2)23-21(27)14-26-10-8-25(9-11-26)13-18-15-30-22(24-18)17-6-7-19(28-3)20(12-17)29-4/h6-7,12,15-16H,5,8-11,13-14H2,1-4H3,(H,23,27). The fourth-order valence-corrected chi connectivity index (χ4v) is 4.25. The Hall–Kier alpha value is -2.16. The number of hydrogen-bond acceptors (Lipinski definition) is 7. The van der Waals surface area contributed by atoms with Gasteiger partial charge in [0.2, 0.25) is 5.91 Å². The average molecular weight is 433 g/mol. The molecule has 8 heteroatoms. The number of benzene rings is 1. The number of aromatic nitrogens is 1. The summed E-state index contributed by atoms with van der Waals surface area (Å²) >= 11 is 1.64. The number of carbonyl (C=O) groups excluding carboxylic acids is 1. The Morgan fingerprint density at radius 3 is 2.53 bits per heavy atom. The lowest BCUT2D eigenvalue weighted by atomic mass is 10.2. The lowest BCUT2D eigenvalue weighted by Crippen LogP contribution is -2.49. The zero-order chi connectivity index (χ0) is 21.5. The number of nitrogens with one attached hydrogen (secondary N) is 1. The van der Waals surface area contributed by atoms with Gasteiger partial charge in [-0.15, -0.1) is 11.3 Å². The SMILES string of the molecule is CCC(C)NC(=O)CN1CCN(Cc2csc(-c3ccc(OC)c(OC)c3)n2)CC1. The molecule has 1 aliphatic heterocycles. The van der Waals surface area contributed by atoms with Crippen LogP contribution in [0.15, 0.2) is 23.6 Å². The van der Waals surface area contributed by atoms with Crippen LogP contribution in [0.1, 0.15) is 26.0 Å². The van der Waals surface area contributed by atoms with E-state index in [0.717, 1.165) is 55.4 Å². The maximum absolute atomic E-state index is 12.1. The van der Waals surface area contributed by atoms with Crippen LogP contribution in [-0.4, -0.2) is 73.7 Å². The highest BCUT2D eigenvalue weighted by Crippen LogP contribution is 2.33. The first-order chi connectivity index (χ1) is 14.5. The third-order valence-electron chi connectivity index (χ3n) is 5.42. The Morgan fingerprint density at radius 1 is 1.17 bits per heavy atom. The second-order valence-electron chi connectivity index (χ2n) is 7.64. The molecule has 0 saturated carbocycles. The van der Waals surface area contributed by atoms with Gasteiger partial charge in [-0.05, 0) is 31.5 Å². The number of nitrogens with zero attached hydrogens (tertiary/aromatic N) is 3. The molecular formula is C22H32N4O3S. The minimum absolute atomic E-state index is 0.122. The van der Waals surface area contributed by atoms with E-state index in [0.29, 0.717) is 18.0 Å². The van der Waals surface area contributed by atoms with E-state index in [-0.39, 0.29) is 11.9 Å². The van der Waals surface area contributed by atoms with Crippen LogP contribution in [0.4, 0.5) is 0 Å². The number of piperazine rings is 1. The number of thiazole rings is 1. The summed E-state index contributed by atoms with van der Waals surface area (Å²) in [6.45, 7) is 9.13. The molecule has 1 saturated heterocycles. The van der Waals surface area contributed by atoms with Crippen molar-refractivity contribution in [1.29, 1.82) is 0 Å². The molecule has 30 heavy (non-hydrogen) atoms. The molecule has 1 unspecified atom stereocenters. The normalized spacial score (nSPS) is 16.3. The highest BCUT2D eigenvalue weighted by Gasteiger charge is 2.20. The molecule has 0 spiro atoms. The van der Waals surface area contributed by atoms with Crippen LogP contribution < -0.4 is 14.8 Å². The predicted octanol–water partition coefficient (Wildman–Crippen LogP) is 2.86. The van der Waals surface area contributed by atoms with Crippen molar-refractivity contribution in [2.24, 2.45) is 0 Å². The molecule has 1 aliphatic rings. The maximum Gasteiger partial charge on any atom is 0.234 e. The lowest BCUT2D eigenvalue weighted by molar-refractivity contribution is -0.123. The van der Waals surface area contributed by atoms with E-state index < -0.39 is 0 Å². The Balaban J connectivity index is 1.51. The predicted molar refractivity (Wildman–Crippen MR) is 120 cm³/mol. The monoisotopic (exact) mass is 432 g/mol. The van der Waals surface area contributed by atoms with Gasteiger partial charge in [-0.2, -0.15) is 0 Å².